The number of hydrogen-bond donors (Lipinski definition) is 2. The highest BCUT2D eigenvalue weighted by Crippen LogP contribution is 2.34. The summed E-state index contributed by atoms with van der Waals surface area (Å²) in [5.41, 5.74) is 4.22. The fourth-order valence-corrected chi connectivity index (χ4v) is 3.45. The van der Waals surface area contributed by atoms with Gasteiger partial charge in [-0.15, -0.1) is 12.4 Å². The molecule has 0 aliphatic heterocycles. The standard InChI is InChI=1S/C17H18ClF3N4O.ClH/c18-11-4-6-12(7-5-11)25-15(17(19,20)21)13(9-23-25)16(26)24-14-3-1-2-10(14)8-22;/h4-7,9-10,14H,1-3,8,22H2,(H,24,26);1H. The van der Waals surface area contributed by atoms with E-state index in [2.05, 4.69) is 10.4 Å². The number of carbonyl (C=O) groups excluding carboxylic acids is 1. The first-order valence-electron chi connectivity index (χ1n) is 8.23. The van der Waals surface area contributed by atoms with Gasteiger partial charge in [-0.3, -0.25) is 4.79 Å². The first-order valence-corrected chi connectivity index (χ1v) is 8.61. The summed E-state index contributed by atoms with van der Waals surface area (Å²) < 4.78 is 41.6. The molecule has 1 aliphatic carbocycles. The van der Waals surface area contributed by atoms with E-state index in [0.29, 0.717) is 22.7 Å². The molecule has 1 heterocycles. The normalized spacial score (nSPS) is 19.6. The number of amides is 1. The Kier molecular flexibility index (Phi) is 6.77. The van der Waals surface area contributed by atoms with E-state index in [0.717, 1.165) is 19.0 Å². The Bertz CT molecular complexity index is 792. The molecule has 1 aromatic heterocycles. The number of rotatable bonds is 4. The summed E-state index contributed by atoms with van der Waals surface area (Å²) in [7, 11) is 0. The predicted octanol–water partition coefficient (Wildman–Crippen LogP) is 3.82. The Morgan fingerprint density at radius 2 is 1.96 bits per heavy atom. The second-order valence-electron chi connectivity index (χ2n) is 6.30. The van der Waals surface area contributed by atoms with Crippen molar-refractivity contribution < 1.29 is 18.0 Å². The van der Waals surface area contributed by atoms with Crippen LogP contribution in [0.5, 0.6) is 0 Å². The Morgan fingerprint density at radius 1 is 1.30 bits per heavy atom. The Balaban J connectivity index is 0.00000261. The lowest BCUT2D eigenvalue weighted by Gasteiger charge is -2.20. The van der Waals surface area contributed by atoms with Crippen LogP contribution in [0.25, 0.3) is 5.69 Å². The molecule has 27 heavy (non-hydrogen) atoms. The molecule has 0 bridgehead atoms. The van der Waals surface area contributed by atoms with Gasteiger partial charge in [-0.05, 0) is 49.6 Å². The minimum atomic E-state index is -4.74. The molecule has 2 aromatic rings. The van der Waals surface area contributed by atoms with E-state index in [-0.39, 0.29) is 30.1 Å². The van der Waals surface area contributed by atoms with Gasteiger partial charge in [0.15, 0.2) is 5.69 Å². The number of nitrogens with two attached hydrogens (primary N) is 1. The van der Waals surface area contributed by atoms with Crippen LogP contribution < -0.4 is 11.1 Å². The van der Waals surface area contributed by atoms with Gasteiger partial charge in [0.05, 0.1) is 17.4 Å². The first-order chi connectivity index (χ1) is 12.3. The number of alkyl halides is 3. The minimum Gasteiger partial charge on any atom is -0.349 e. The number of nitrogens with zero attached hydrogens (tertiary/aromatic N) is 2. The summed E-state index contributed by atoms with van der Waals surface area (Å²) in [6.07, 6.45) is -1.34. The van der Waals surface area contributed by atoms with Crippen molar-refractivity contribution in [1.29, 1.82) is 0 Å². The number of hydrogen-bond acceptors (Lipinski definition) is 3. The number of aromatic nitrogens is 2. The molecule has 148 valence electrons. The van der Waals surface area contributed by atoms with Crippen LogP contribution in [0.4, 0.5) is 13.2 Å². The first kappa shape index (κ1) is 21.5. The number of carbonyl (C=O) groups is 1. The Labute approximate surface area is 165 Å². The third-order valence-corrected chi connectivity index (χ3v) is 4.88. The molecule has 10 heteroatoms. The highest BCUT2D eigenvalue weighted by molar-refractivity contribution is 6.30. The van der Waals surface area contributed by atoms with Gasteiger partial charge in [-0.2, -0.15) is 18.3 Å². The number of benzene rings is 1. The smallest absolute Gasteiger partial charge is 0.349 e. The monoisotopic (exact) mass is 422 g/mol. The maximum atomic E-state index is 13.6. The molecular weight excluding hydrogens is 404 g/mol. The fraction of sp³-hybridized carbons (Fsp3) is 0.412. The minimum absolute atomic E-state index is 0. The van der Waals surface area contributed by atoms with Crippen molar-refractivity contribution in [1.82, 2.24) is 15.1 Å². The molecule has 2 unspecified atom stereocenters. The maximum Gasteiger partial charge on any atom is 0.434 e. The van der Waals surface area contributed by atoms with Crippen molar-refractivity contribution in [3.05, 3.63) is 46.7 Å². The average molecular weight is 423 g/mol. The zero-order valence-corrected chi connectivity index (χ0v) is 15.7. The lowest BCUT2D eigenvalue weighted by molar-refractivity contribution is -0.143. The molecule has 2 atom stereocenters. The summed E-state index contributed by atoms with van der Waals surface area (Å²) in [6.45, 7) is 0.390. The number of halogens is 5. The maximum absolute atomic E-state index is 13.6. The fourth-order valence-electron chi connectivity index (χ4n) is 3.32. The lowest BCUT2D eigenvalue weighted by Crippen LogP contribution is -2.40. The molecule has 0 saturated heterocycles. The van der Waals surface area contributed by atoms with E-state index >= 15 is 0 Å². The zero-order chi connectivity index (χ0) is 18.9. The quantitative estimate of drug-likeness (QED) is 0.786. The van der Waals surface area contributed by atoms with Crippen LogP contribution >= 0.6 is 24.0 Å². The van der Waals surface area contributed by atoms with Crippen LogP contribution in [-0.2, 0) is 6.18 Å². The summed E-state index contributed by atoms with van der Waals surface area (Å²) in [6, 6.07) is 5.53. The van der Waals surface area contributed by atoms with Crippen molar-refractivity contribution in [3.8, 4) is 5.69 Å². The van der Waals surface area contributed by atoms with Gasteiger partial charge in [-0.1, -0.05) is 18.0 Å². The molecule has 3 N–H and O–H groups in total. The third kappa shape index (κ3) is 4.56. The Morgan fingerprint density at radius 3 is 2.56 bits per heavy atom. The van der Waals surface area contributed by atoms with Crippen LogP contribution in [0.1, 0.15) is 35.3 Å². The zero-order valence-electron chi connectivity index (χ0n) is 14.2. The van der Waals surface area contributed by atoms with E-state index in [1.54, 1.807) is 0 Å². The van der Waals surface area contributed by atoms with Gasteiger partial charge < -0.3 is 11.1 Å². The largest absolute Gasteiger partial charge is 0.434 e. The SMILES string of the molecule is Cl.NCC1CCCC1NC(=O)c1cnn(-c2ccc(Cl)cc2)c1C(F)(F)F. The second-order valence-corrected chi connectivity index (χ2v) is 6.74. The molecule has 5 nitrogen and oxygen atoms in total. The summed E-state index contributed by atoms with van der Waals surface area (Å²) in [5.74, 6) is -0.706. The van der Waals surface area contributed by atoms with Crippen molar-refractivity contribution in [3.63, 3.8) is 0 Å². The topological polar surface area (TPSA) is 72.9 Å². The highest BCUT2D eigenvalue weighted by atomic mass is 35.5. The molecule has 0 radical (unpaired) electrons. The summed E-state index contributed by atoms with van der Waals surface area (Å²) in [5, 5.41) is 6.86. The van der Waals surface area contributed by atoms with Crippen molar-refractivity contribution in [2.75, 3.05) is 6.54 Å². The van der Waals surface area contributed by atoms with Crippen LogP contribution in [0, 0.1) is 5.92 Å². The van der Waals surface area contributed by atoms with Crippen molar-refractivity contribution >= 4 is 29.9 Å². The van der Waals surface area contributed by atoms with Gasteiger partial charge >= 0.3 is 6.18 Å². The number of nitrogens with one attached hydrogen (secondary N) is 1. The van der Waals surface area contributed by atoms with Gasteiger partial charge in [-0.25, -0.2) is 4.68 Å². The third-order valence-electron chi connectivity index (χ3n) is 4.63. The van der Waals surface area contributed by atoms with Gasteiger partial charge in [0.25, 0.3) is 5.91 Å². The molecule has 1 aromatic carbocycles. The molecule has 3 rings (SSSR count). The molecule has 1 saturated carbocycles. The molecule has 0 spiro atoms. The van der Waals surface area contributed by atoms with E-state index in [1.807, 2.05) is 0 Å². The van der Waals surface area contributed by atoms with Gasteiger partial charge in [0.1, 0.15) is 0 Å². The van der Waals surface area contributed by atoms with E-state index in [4.69, 9.17) is 17.3 Å². The van der Waals surface area contributed by atoms with Crippen LogP contribution in [0.2, 0.25) is 5.02 Å². The van der Waals surface area contributed by atoms with Gasteiger partial charge in [0.2, 0.25) is 0 Å². The predicted molar refractivity (Wildman–Crippen MR) is 98.5 cm³/mol. The second kappa shape index (κ2) is 8.50. The molecule has 1 aliphatic rings. The molecule has 1 amide bonds. The van der Waals surface area contributed by atoms with Crippen LogP contribution in [0.15, 0.2) is 30.5 Å². The summed E-state index contributed by atoms with van der Waals surface area (Å²) in [4.78, 5) is 12.5. The van der Waals surface area contributed by atoms with E-state index in [1.165, 1.54) is 24.3 Å². The van der Waals surface area contributed by atoms with Gasteiger partial charge in [0, 0.05) is 11.1 Å². The molecular formula is C17H19Cl2F3N4O. The van der Waals surface area contributed by atoms with Crippen molar-refractivity contribution in [2.45, 2.75) is 31.5 Å². The Hall–Kier alpha value is -1.77. The summed E-state index contributed by atoms with van der Waals surface area (Å²) >= 11 is 5.78. The van der Waals surface area contributed by atoms with E-state index in [9.17, 15) is 18.0 Å². The van der Waals surface area contributed by atoms with Crippen LogP contribution in [-0.4, -0.2) is 28.3 Å². The molecule has 1 fully saturated rings. The van der Waals surface area contributed by atoms with Crippen LogP contribution in [0.3, 0.4) is 0 Å². The average Bonchev–Trinajstić information content (AvgIpc) is 3.21. The van der Waals surface area contributed by atoms with Crippen molar-refractivity contribution in [2.24, 2.45) is 11.7 Å². The van der Waals surface area contributed by atoms with E-state index < -0.39 is 23.3 Å². The highest BCUT2D eigenvalue weighted by Gasteiger charge is 2.41. The lowest BCUT2D eigenvalue weighted by atomic mass is 10.0.